The summed E-state index contributed by atoms with van der Waals surface area (Å²) in [6.07, 6.45) is 0. The van der Waals surface area contributed by atoms with Gasteiger partial charge in [0.25, 0.3) is 0 Å². The number of benzene rings is 1. The van der Waals surface area contributed by atoms with Crippen LogP contribution in [0.1, 0.15) is 6.92 Å². The second-order valence-corrected chi connectivity index (χ2v) is 4.03. The summed E-state index contributed by atoms with van der Waals surface area (Å²) in [7, 11) is 3.09. The first-order chi connectivity index (χ1) is 7.99. The van der Waals surface area contributed by atoms with E-state index >= 15 is 0 Å². The van der Waals surface area contributed by atoms with Gasteiger partial charge >= 0.3 is 0 Å². The lowest BCUT2D eigenvalue weighted by molar-refractivity contribution is -0.122. The normalized spacial score (nSPS) is 13.9. The fourth-order valence-corrected chi connectivity index (χ4v) is 1.31. The third kappa shape index (κ3) is 3.72. The van der Waals surface area contributed by atoms with E-state index < -0.39 is 5.54 Å². The van der Waals surface area contributed by atoms with Crippen LogP contribution in [0.5, 0.6) is 5.75 Å². The fraction of sp³-hybridized carbons (Fsp3) is 0.417. The first-order valence-electron chi connectivity index (χ1n) is 5.23. The van der Waals surface area contributed by atoms with Crippen LogP contribution in [0, 0.1) is 0 Å². The van der Waals surface area contributed by atoms with Crippen molar-refractivity contribution >= 4 is 11.6 Å². The minimum Gasteiger partial charge on any atom is -0.497 e. The number of carbonyl (C=O) groups excluding carboxylic acids is 1. The van der Waals surface area contributed by atoms with Gasteiger partial charge in [0.1, 0.15) is 11.3 Å². The summed E-state index contributed by atoms with van der Waals surface area (Å²) in [5.74, 6) is 0.444. The molecule has 0 aliphatic carbocycles. The van der Waals surface area contributed by atoms with Gasteiger partial charge in [0.15, 0.2) is 0 Å². The first-order valence-corrected chi connectivity index (χ1v) is 5.23. The van der Waals surface area contributed by atoms with Crippen molar-refractivity contribution in [1.82, 2.24) is 0 Å². The molecule has 1 aromatic carbocycles. The Balaban J connectivity index is 2.67. The van der Waals surface area contributed by atoms with E-state index in [1.165, 1.54) is 7.11 Å². The Hall–Kier alpha value is -1.59. The Bertz CT molecular complexity index is 374. The van der Waals surface area contributed by atoms with Crippen LogP contribution in [-0.2, 0) is 9.53 Å². The predicted octanol–water partition coefficient (Wildman–Crippen LogP) is 0.997. The molecule has 3 N–H and O–H groups in total. The van der Waals surface area contributed by atoms with E-state index in [4.69, 9.17) is 15.2 Å². The molecule has 0 heterocycles. The highest BCUT2D eigenvalue weighted by molar-refractivity contribution is 5.97. The van der Waals surface area contributed by atoms with Crippen molar-refractivity contribution in [3.05, 3.63) is 24.3 Å². The maximum absolute atomic E-state index is 11.8. The van der Waals surface area contributed by atoms with Crippen LogP contribution in [0.4, 0.5) is 5.69 Å². The Morgan fingerprint density at radius 1 is 1.35 bits per heavy atom. The monoisotopic (exact) mass is 238 g/mol. The van der Waals surface area contributed by atoms with Crippen molar-refractivity contribution in [2.75, 3.05) is 26.1 Å². The lowest BCUT2D eigenvalue weighted by atomic mass is 10.0. The zero-order valence-corrected chi connectivity index (χ0v) is 10.3. The molecule has 5 heteroatoms. The zero-order valence-electron chi connectivity index (χ0n) is 10.3. The molecule has 1 aromatic rings. The highest BCUT2D eigenvalue weighted by atomic mass is 16.5. The van der Waals surface area contributed by atoms with Crippen molar-refractivity contribution in [1.29, 1.82) is 0 Å². The van der Waals surface area contributed by atoms with E-state index in [1.807, 2.05) is 0 Å². The van der Waals surface area contributed by atoms with Crippen LogP contribution in [0.3, 0.4) is 0 Å². The van der Waals surface area contributed by atoms with Gasteiger partial charge < -0.3 is 20.5 Å². The first kappa shape index (κ1) is 13.5. The van der Waals surface area contributed by atoms with E-state index in [2.05, 4.69) is 5.32 Å². The van der Waals surface area contributed by atoms with Crippen LogP contribution >= 0.6 is 0 Å². The van der Waals surface area contributed by atoms with Gasteiger partial charge in [-0.2, -0.15) is 0 Å². The number of hydrogen-bond acceptors (Lipinski definition) is 4. The van der Waals surface area contributed by atoms with Gasteiger partial charge in [-0.3, -0.25) is 4.79 Å². The number of anilines is 1. The molecule has 0 bridgehead atoms. The van der Waals surface area contributed by atoms with Crippen LogP contribution < -0.4 is 15.8 Å². The molecule has 0 unspecified atom stereocenters. The van der Waals surface area contributed by atoms with Gasteiger partial charge in [-0.15, -0.1) is 0 Å². The topological polar surface area (TPSA) is 73.6 Å². The molecule has 0 aliphatic rings. The van der Waals surface area contributed by atoms with Gasteiger partial charge in [-0.25, -0.2) is 0 Å². The van der Waals surface area contributed by atoms with E-state index in [-0.39, 0.29) is 12.5 Å². The van der Waals surface area contributed by atoms with Crippen molar-refractivity contribution in [3.8, 4) is 5.75 Å². The highest BCUT2D eigenvalue weighted by Crippen LogP contribution is 2.16. The summed E-state index contributed by atoms with van der Waals surface area (Å²) >= 11 is 0. The molecule has 0 radical (unpaired) electrons. The lowest BCUT2D eigenvalue weighted by Crippen LogP contribution is -2.51. The molecule has 0 spiro atoms. The zero-order chi connectivity index (χ0) is 12.9. The van der Waals surface area contributed by atoms with Gasteiger partial charge in [-0.1, -0.05) is 0 Å². The van der Waals surface area contributed by atoms with Gasteiger partial charge in [0.05, 0.1) is 13.7 Å². The molecule has 0 aromatic heterocycles. The third-order valence-electron chi connectivity index (χ3n) is 2.31. The molecule has 94 valence electrons. The van der Waals surface area contributed by atoms with Crippen molar-refractivity contribution in [2.45, 2.75) is 12.5 Å². The number of rotatable bonds is 5. The summed E-state index contributed by atoms with van der Waals surface area (Å²) < 4.78 is 9.92. The summed E-state index contributed by atoms with van der Waals surface area (Å²) in [5.41, 5.74) is 5.44. The van der Waals surface area contributed by atoms with E-state index in [9.17, 15) is 4.79 Å². The molecular formula is C12H18N2O3. The van der Waals surface area contributed by atoms with Gasteiger partial charge in [0, 0.05) is 12.8 Å². The number of amides is 1. The second kappa shape index (κ2) is 5.65. The summed E-state index contributed by atoms with van der Waals surface area (Å²) in [6.45, 7) is 1.78. The number of methoxy groups -OCH3 is 2. The van der Waals surface area contributed by atoms with E-state index in [0.29, 0.717) is 5.69 Å². The Morgan fingerprint density at radius 3 is 2.41 bits per heavy atom. The van der Waals surface area contributed by atoms with Gasteiger partial charge in [-0.05, 0) is 31.2 Å². The largest absolute Gasteiger partial charge is 0.497 e. The van der Waals surface area contributed by atoms with Crippen LogP contribution in [0.25, 0.3) is 0 Å². The van der Waals surface area contributed by atoms with Crippen molar-refractivity contribution in [2.24, 2.45) is 5.73 Å². The van der Waals surface area contributed by atoms with Crippen molar-refractivity contribution in [3.63, 3.8) is 0 Å². The molecule has 0 aliphatic heterocycles. The molecule has 17 heavy (non-hydrogen) atoms. The van der Waals surface area contributed by atoms with Crippen LogP contribution in [-0.4, -0.2) is 32.3 Å². The number of nitrogens with two attached hydrogens (primary N) is 1. The minimum absolute atomic E-state index is 0.162. The van der Waals surface area contributed by atoms with Crippen molar-refractivity contribution < 1.29 is 14.3 Å². The average molecular weight is 238 g/mol. The fourth-order valence-electron chi connectivity index (χ4n) is 1.31. The standard InChI is InChI=1S/C12H18N2O3/c1-12(13,8-16-2)11(15)14-9-4-6-10(17-3)7-5-9/h4-7H,8,13H2,1-3H3,(H,14,15)/t12-/m0/s1. The number of hydrogen-bond donors (Lipinski definition) is 2. The summed E-state index contributed by atoms with van der Waals surface area (Å²) in [5, 5.41) is 2.72. The molecule has 0 saturated heterocycles. The number of ether oxygens (including phenoxy) is 2. The molecule has 0 fully saturated rings. The number of nitrogens with one attached hydrogen (secondary N) is 1. The number of carbonyl (C=O) groups is 1. The molecule has 1 atom stereocenters. The maximum atomic E-state index is 11.8. The maximum Gasteiger partial charge on any atom is 0.246 e. The predicted molar refractivity (Wildman–Crippen MR) is 66.1 cm³/mol. The molecule has 1 amide bonds. The Labute approximate surface area is 101 Å². The lowest BCUT2D eigenvalue weighted by Gasteiger charge is -2.22. The van der Waals surface area contributed by atoms with Crippen LogP contribution in [0.2, 0.25) is 0 Å². The smallest absolute Gasteiger partial charge is 0.246 e. The molecular weight excluding hydrogens is 220 g/mol. The Morgan fingerprint density at radius 2 is 1.94 bits per heavy atom. The molecule has 5 nitrogen and oxygen atoms in total. The van der Waals surface area contributed by atoms with Gasteiger partial charge in [0.2, 0.25) is 5.91 Å². The second-order valence-electron chi connectivity index (χ2n) is 4.03. The molecule has 1 rings (SSSR count). The quantitative estimate of drug-likeness (QED) is 0.802. The SMILES string of the molecule is COC[C@](C)(N)C(=O)Nc1ccc(OC)cc1. The summed E-state index contributed by atoms with van der Waals surface area (Å²) in [4.78, 5) is 11.8. The summed E-state index contributed by atoms with van der Waals surface area (Å²) in [6, 6.07) is 7.03. The highest BCUT2D eigenvalue weighted by Gasteiger charge is 2.28. The third-order valence-corrected chi connectivity index (χ3v) is 2.31. The average Bonchev–Trinajstić information content (AvgIpc) is 2.30. The van der Waals surface area contributed by atoms with E-state index in [1.54, 1.807) is 38.3 Å². The molecule has 0 saturated carbocycles. The van der Waals surface area contributed by atoms with E-state index in [0.717, 1.165) is 5.75 Å². The Kier molecular flexibility index (Phi) is 4.48. The minimum atomic E-state index is -1.05. The van der Waals surface area contributed by atoms with Crippen LogP contribution in [0.15, 0.2) is 24.3 Å².